The Labute approximate surface area is 168 Å². The first-order valence-electron chi connectivity index (χ1n) is 8.97. The van der Waals surface area contributed by atoms with Crippen LogP contribution in [0.3, 0.4) is 0 Å². The van der Waals surface area contributed by atoms with Gasteiger partial charge in [0.1, 0.15) is 22.1 Å². The summed E-state index contributed by atoms with van der Waals surface area (Å²) in [5, 5.41) is 26.1. The lowest BCUT2D eigenvalue weighted by molar-refractivity contribution is 0.0435. The molecule has 1 amide bonds. The van der Waals surface area contributed by atoms with Gasteiger partial charge in [0.15, 0.2) is 0 Å². The summed E-state index contributed by atoms with van der Waals surface area (Å²) >= 11 is 1.37. The van der Waals surface area contributed by atoms with Crippen LogP contribution >= 0.6 is 11.3 Å². The molecular weight excluding hydrogens is 392 g/mol. The fourth-order valence-electron chi connectivity index (χ4n) is 3.12. The van der Waals surface area contributed by atoms with Crippen molar-refractivity contribution in [2.24, 2.45) is 0 Å². The van der Waals surface area contributed by atoms with Crippen LogP contribution in [0.1, 0.15) is 29.4 Å². The van der Waals surface area contributed by atoms with E-state index in [-0.39, 0.29) is 18.1 Å². The van der Waals surface area contributed by atoms with Crippen molar-refractivity contribution in [3.05, 3.63) is 48.3 Å². The summed E-state index contributed by atoms with van der Waals surface area (Å²) in [6.07, 6.45) is 10.9. The minimum Gasteiger partial charge on any atom is -0.393 e. The normalized spacial score (nSPS) is 18.4. The molecule has 0 saturated heterocycles. The first-order chi connectivity index (χ1) is 14.2. The van der Waals surface area contributed by atoms with E-state index in [0.717, 1.165) is 5.56 Å². The van der Waals surface area contributed by atoms with Gasteiger partial charge in [-0.2, -0.15) is 10.2 Å². The number of nitrogens with one attached hydrogen (secondary N) is 2. The van der Waals surface area contributed by atoms with E-state index in [1.165, 1.54) is 11.3 Å². The zero-order valence-electron chi connectivity index (χ0n) is 15.1. The second-order valence-corrected chi connectivity index (χ2v) is 7.58. The van der Waals surface area contributed by atoms with Gasteiger partial charge in [-0.3, -0.25) is 24.5 Å². The molecule has 4 aromatic rings. The van der Waals surface area contributed by atoms with Crippen molar-refractivity contribution in [1.82, 2.24) is 34.9 Å². The number of aromatic amines is 1. The summed E-state index contributed by atoms with van der Waals surface area (Å²) in [6, 6.07) is 0.0954. The molecule has 0 aliphatic heterocycles. The van der Waals surface area contributed by atoms with Gasteiger partial charge in [0, 0.05) is 35.7 Å². The predicted molar refractivity (Wildman–Crippen MR) is 105 cm³/mol. The van der Waals surface area contributed by atoms with E-state index in [1.54, 1.807) is 47.2 Å². The van der Waals surface area contributed by atoms with Crippen LogP contribution < -0.4 is 5.32 Å². The number of amides is 1. The zero-order valence-corrected chi connectivity index (χ0v) is 15.9. The molecule has 1 fully saturated rings. The Bertz CT molecular complexity index is 1130. The van der Waals surface area contributed by atoms with Crippen LogP contribution in [0.5, 0.6) is 0 Å². The molecule has 0 spiro atoms. The van der Waals surface area contributed by atoms with Crippen LogP contribution in [0.15, 0.2) is 42.6 Å². The van der Waals surface area contributed by atoms with Crippen LogP contribution in [0.2, 0.25) is 0 Å². The van der Waals surface area contributed by atoms with E-state index >= 15 is 0 Å². The van der Waals surface area contributed by atoms with Gasteiger partial charge in [-0.25, -0.2) is 4.98 Å². The number of rotatable bonds is 5. The van der Waals surface area contributed by atoms with E-state index < -0.39 is 0 Å². The van der Waals surface area contributed by atoms with E-state index in [1.807, 2.05) is 0 Å². The van der Waals surface area contributed by atoms with Gasteiger partial charge in [0.05, 0.1) is 30.2 Å². The van der Waals surface area contributed by atoms with E-state index in [9.17, 15) is 9.90 Å². The van der Waals surface area contributed by atoms with Crippen molar-refractivity contribution in [3.63, 3.8) is 0 Å². The molecule has 29 heavy (non-hydrogen) atoms. The van der Waals surface area contributed by atoms with Gasteiger partial charge in [-0.15, -0.1) is 11.3 Å². The molecule has 10 nitrogen and oxygen atoms in total. The first-order valence-corrected chi connectivity index (χ1v) is 9.85. The Morgan fingerprint density at radius 1 is 1.31 bits per heavy atom. The molecule has 0 bridgehead atoms. The summed E-state index contributed by atoms with van der Waals surface area (Å²) in [6.45, 7) is 0. The molecule has 146 valence electrons. The highest BCUT2D eigenvalue weighted by atomic mass is 32.1. The van der Waals surface area contributed by atoms with Crippen molar-refractivity contribution in [2.75, 3.05) is 5.32 Å². The van der Waals surface area contributed by atoms with Gasteiger partial charge in [0.25, 0.3) is 5.91 Å². The maximum absolute atomic E-state index is 12.8. The summed E-state index contributed by atoms with van der Waals surface area (Å²) in [4.78, 5) is 25.6. The van der Waals surface area contributed by atoms with Crippen LogP contribution in [-0.4, -0.2) is 52.0 Å². The third kappa shape index (κ3) is 3.41. The standard InChI is InChI=1S/C18H16N8O2S/c27-12-3-11(4-12)26-8-14(16(25-26)13-7-19-1-2-20-13)23-17(28)15-9-29-18(24-15)10-5-21-22-6-10/h1-2,5-9,11-12,27H,3-4H2,(H,21,22)(H,23,28)/t11-,12+. The maximum atomic E-state index is 12.8. The maximum Gasteiger partial charge on any atom is 0.275 e. The van der Waals surface area contributed by atoms with Crippen molar-refractivity contribution in [3.8, 4) is 22.0 Å². The van der Waals surface area contributed by atoms with E-state index in [2.05, 4.69) is 35.6 Å². The first kappa shape index (κ1) is 17.6. The molecule has 0 radical (unpaired) electrons. The number of aliphatic hydroxyl groups excluding tert-OH is 1. The van der Waals surface area contributed by atoms with Crippen LogP contribution in [0, 0.1) is 0 Å². The molecule has 0 aromatic carbocycles. The Kier molecular flexibility index (Phi) is 4.37. The molecule has 1 saturated carbocycles. The number of nitrogens with zero attached hydrogens (tertiary/aromatic N) is 6. The summed E-state index contributed by atoms with van der Waals surface area (Å²) in [5.74, 6) is -0.339. The molecule has 3 N–H and O–H groups in total. The monoisotopic (exact) mass is 408 g/mol. The number of anilines is 1. The molecule has 11 heteroatoms. The van der Waals surface area contributed by atoms with Crippen LogP contribution in [0.25, 0.3) is 22.0 Å². The van der Waals surface area contributed by atoms with E-state index in [4.69, 9.17) is 0 Å². The van der Waals surface area contributed by atoms with Crippen molar-refractivity contribution >= 4 is 22.9 Å². The van der Waals surface area contributed by atoms with Crippen molar-refractivity contribution in [1.29, 1.82) is 0 Å². The Morgan fingerprint density at radius 2 is 2.21 bits per heavy atom. The molecule has 0 atom stereocenters. The van der Waals surface area contributed by atoms with Gasteiger partial charge in [-0.05, 0) is 12.8 Å². The van der Waals surface area contributed by atoms with Gasteiger partial charge < -0.3 is 10.4 Å². The van der Waals surface area contributed by atoms with Crippen LogP contribution in [0.4, 0.5) is 5.69 Å². The molecule has 1 aliphatic rings. The van der Waals surface area contributed by atoms with Gasteiger partial charge in [-0.1, -0.05) is 0 Å². The third-order valence-corrected chi connectivity index (χ3v) is 5.62. The van der Waals surface area contributed by atoms with E-state index in [0.29, 0.717) is 40.6 Å². The highest BCUT2D eigenvalue weighted by molar-refractivity contribution is 7.13. The largest absolute Gasteiger partial charge is 0.393 e. The van der Waals surface area contributed by atoms with Gasteiger partial charge >= 0.3 is 0 Å². The molecule has 0 unspecified atom stereocenters. The summed E-state index contributed by atoms with van der Waals surface area (Å²) in [5.41, 5.74) is 2.74. The Hall–Kier alpha value is -3.44. The number of hydrogen-bond donors (Lipinski definition) is 3. The fourth-order valence-corrected chi connectivity index (χ4v) is 3.90. The van der Waals surface area contributed by atoms with Crippen molar-refractivity contribution < 1.29 is 9.90 Å². The van der Waals surface area contributed by atoms with Crippen molar-refractivity contribution in [2.45, 2.75) is 25.0 Å². The Balaban J connectivity index is 1.43. The number of hydrogen-bond acceptors (Lipinski definition) is 8. The molecule has 4 aromatic heterocycles. The number of H-pyrrole nitrogens is 1. The molecule has 4 heterocycles. The zero-order chi connectivity index (χ0) is 19.8. The highest BCUT2D eigenvalue weighted by Gasteiger charge is 2.31. The number of aromatic nitrogens is 7. The third-order valence-electron chi connectivity index (χ3n) is 4.73. The minimum absolute atomic E-state index is 0.0954. The Morgan fingerprint density at radius 3 is 2.93 bits per heavy atom. The lowest BCUT2D eigenvalue weighted by atomic mass is 9.90. The molecule has 5 rings (SSSR count). The number of carbonyl (C=O) groups excluding carboxylic acids is 1. The SMILES string of the molecule is O=C(Nc1cn([C@H]2C[C@@H](O)C2)nc1-c1cnccn1)c1csc(-c2cn[nH]c2)n1. The second kappa shape index (κ2) is 7.18. The summed E-state index contributed by atoms with van der Waals surface area (Å²) < 4.78 is 1.77. The summed E-state index contributed by atoms with van der Waals surface area (Å²) in [7, 11) is 0. The smallest absolute Gasteiger partial charge is 0.275 e. The topological polar surface area (TPSA) is 134 Å². The number of aliphatic hydroxyl groups is 1. The quantitative estimate of drug-likeness (QED) is 0.460. The molecular formula is C18H16N8O2S. The van der Waals surface area contributed by atoms with Crippen LogP contribution in [-0.2, 0) is 0 Å². The minimum atomic E-state index is -0.339. The fraction of sp³-hybridized carbons (Fsp3) is 0.222. The average Bonchev–Trinajstić information content (AvgIpc) is 3.45. The van der Waals surface area contributed by atoms with Gasteiger partial charge in [0.2, 0.25) is 0 Å². The second-order valence-electron chi connectivity index (χ2n) is 6.72. The lowest BCUT2D eigenvalue weighted by Gasteiger charge is -2.31. The predicted octanol–water partition coefficient (Wildman–Crippen LogP) is 2.13. The molecule has 1 aliphatic carbocycles. The highest BCUT2D eigenvalue weighted by Crippen LogP contribution is 2.35. The average molecular weight is 408 g/mol. The number of carbonyl (C=O) groups is 1. The number of thiazole rings is 1. The lowest BCUT2D eigenvalue weighted by Crippen LogP contribution is -2.31.